The first kappa shape index (κ1) is 23.0. The van der Waals surface area contributed by atoms with E-state index in [-0.39, 0.29) is 0 Å². The minimum atomic E-state index is 0.619. The maximum atomic E-state index is 9.25. The molecule has 0 radical (unpaired) electrons. The summed E-state index contributed by atoms with van der Waals surface area (Å²) in [5.41, 5.74) is 10.4. The van der Waals surface area contributed by atoms with Gasteiger partial charge in [0.2, 0.25) is 0 Å². The lowest BCUT2D eigenvalue weighted by molar-refractivity contribution is 0.589. The van der Waals surface area contributed by atoms with Crippen molar-refractivity contribution in [3.05, 3.63) is 89.5 Å². The van der Waals surface area contributed by atoms with Crippen LogP contribution in [0.2, 0.25) is 0 Å². The van der Waals surface area contributed by atoms with E-state index in [0.717, 1.165) is 76.4 Å². The van der Waals surface area contributed by atoms with E-state index in [9.17, 15) is 5.26 Å². The molecule has 1 aliphatic heterocycles. The molecule has 0 spiro atoms. The highest BCUT2D eigenvalue weighted by Gasteiger charge is 2.18. The van der Waals surface area contributed by atoms with Crippen molar-refractivity contribution < 1.29 is 0 Å². The maximum absolute atomic E-state index is 9.25. The Hall–Kier alpha value is -4.41. The number of anilines is 1. The van der Waals surface area contributed by atoms with Crippen molar-refractivity contribution in [1.82, 2.24) is 25.1 Å². The lowest BCUT2D eigenvalue weighted by atomic mass is 10.0. The standard InChI is InChI=1S/C30H29N7/c1-20-29(21(2)37(35-20)19-23-5-3-4-22(14-23)16-31)28-18-34-30-27(28)15-25(17-33-30)24-6-8-26(9-7-24)36-12-10-32-11-13-36/h3-9,14-15,17-18,32H,10-13,19H2,1-2H3,(H,33,34). The molecular formula is C30H29N7. The summed E-state index contributed by atoms with van der Waals surface area (Å²) in [5, 5.41) is 18.6. The summed E-state index contributed by atoms with van der Waals surface area (Å²) in [5.74, 6) is 0. The second-order valence-corrected chi connectivity index (χ2v) is 9.62. The van der Waals surface area contributed by atoms with Crippen LogP contribution in [0.3, 0.4) is 0 Å². The molecule has 1 saturated heterocycles. The third-order valence-electron chi connectivity index (χ3n) is 7.25. The third kappa shape index (κ3) is 4.37. The minimum absolute atomic E-state index is 0.619. The van der Waals surface area contributed by atoms with Crippen molar-refractivity contribution in [3.8, 4) is 28.3 Å². The molecular weight excluding hydrogens is 458 g/mol. The molecule has 0 atom stereocenters. The summed E-state index contributed by atoms with van der Waals surface area (Å²) < 4.78 is 2.02. The predicted molar refractivity (Wildman–Crippen MR) is 148 cm³/mol. The molecule has 0 amide bonds. The first-order valence-corrected chi connectivity index (χ1v) is 12.7. The van der Waals surface area contributed by atoms with E-state index >= 15 is 0 Å². The average Bonchev–Trinajstić information content (AvgIpc) is 3.48. The van der Waals surface area contributed by atoms with E-state index in [2.05, 4.69) is 65.4 Å². The van der Waals surface area contributed by atoms with Crippen LogP contribution in [0.5, 0.6) is 0 Å². The lowest BCUT2D eigenvalue weighted by Gasteiger charge is -2.29. The van der Waals surface area contributed by atoms with Crippen LogP contribution in [0.15, 0.2) is 67.0 Å². The zero-order chi connectivity index (χ0) is 25.4. The minimum Gasteiger partial charge on any atom is -0.369 e. The van der Waals surface area contributed by atoms with Gasteiger partial charge in [-0.15, -0.1) is 0 Å². The number of piperazine rings is 1. The van der Waals surface area contributed by atoms with Gasteiger partial charge in [0.1, 0.15) is 5.65 Å². The highest BCUT2D eigenvalue weighted by Crippen LogP contribution is 2.35. The number of nitrogens with one attached hydrogen (secondary N) is 2. The predicted octanol–water partition coefficient (Wildman–Crippen LogP) is 5.04. The molecule has 1 aliphatic rings. The number of rotatable bonds is 5. The Bertz CT molecular complexity index is 1610. The molecule has 37 heavy (non-hydrogen) atoms. The first-order valence-electron chi connectivity index (χ1n) is 12.7. The van der Waals surface area contributed by atoms with Gasteiger partial charge in [0.05, 0.1) is 23.9 Å². The average molecular weight is 488 g/mol. The van der Waals surface area contributed by atoms with Crippen LogP contribution in [-0.4, -0.2) is 45.9 Å². The van der Waals surface area contributed by atoms with Gasteiger partial charge in [-0.3, -0.25) is 4.68 Å². The van der Waals surface area contributed by atoms with E-state index in [4.69, 9.17) is 10.1 Å². The zero-order valence-corrected chi connectivity index (χ0v) is 21.1. The highest BCUT2D eigenvalue weighted by atomic mass is 15.3. The molecule has 1 fully saturated rings. The SMILES string of the molecule is Cc1nn(Cc2cccc(C#N)c2)c(C)c1-c1c[nH]c2ncc(-c3ccc(N4CCNCC4)cc3)cc12. The van der Waals surface area contributed by atoms with Crippen molar-refractivity contribution >= 4 is 16.7 Å². The van der Waals surface area contributed by atoms with Crippen LogP contribution < -0.4 is 10.2 Å². The topological polar surface area (TPSA) is 85.6 Å². The molecule has 184 valence electrons. The Labute approximate surface area is 216 Å². The molecule has 0 aliphatic carbocycles. The molecule has 0 saturated carbocycles. The van der Waals surface area contributed by atoms with E-state index in [1.807, 2.05) is 41.3 Å². The maximum Gasteiger partial charge on any atom is 0.137 e. The van der Waals surface area contributed by atoms with Gasteiger partial charge in [0.25, 0.3) is 0 Å². The van der Waals surface area contributed by atoms with Crippen LogP contribution in [0, 0.1) is 25.2 Å². The number of hydrogen-bond donors (Lipinski definition) is 2. The number of benzene rings is 2. The second-order valence-electron chi connectivity index (χ2n) is 9.62. The summed E-state index contributed by atoms with van der Waals surface area (Å²) in [4.78, 5) is 10.5. The van der Waals surface area contributed by atoms with Gasteiger partial charge >= 0.3 is 0 Å². The van der Waals surface area contributed by atoms with Crippen LogP contribution in [0.25, 0.3) is 33.3 Å². The number of pyridine rings is 1. The summed E-state index contributed by atoms with van der Waals surface area (Å²) in [6, 6.07) is 20.9. The number of fused-ring (bicyclic) bond motifs is 1. The van der Waals surface area contributed by atoms with Gasteiger partial charge in [-0.2, -0.15) is 10.4 Å². The van der Waals surface area contributed by atoms with Crippen molar-refractivity contribution in [2.45, 2.75) is 20.4 Å². The number of aromatic nitrogens is 4. The normalized spacial score (nSPS) is 13.7. The fourth-order valence-corrected chi connectivity index (χ4v) is 5.31. The van der Waals surface area contributed by atoms with Crippen LogP contribution >= 0.6 is 0 Å². The van der Waals surface area contributed by atoms with Crippen LogP contribution in [0.1, 0.15) is 22.5 Å². The van der Waals surface area contributed by atoms with Crippen molar-refractivity contribution in [3.63, 3.8) is 0 Å². The summed E-state index contributed by atoms with van der Waals surface area (Å²) in [7, 11) is 0. The van der Waals surface area contributed by atoms with Crippen molar-refractivity contribution in [2.75, 3.05) is 31.1 Å². The van der Waals surface area contributed by atoms with Gasteiger partial charge in [-0.1, -0.05) is 24.3 Å². The molecule has 0 unspecified atom stereocenters. The molecule has 7 heteroatoms. The zero-order valence-electron chi connectivity index (χ0n) is 21.1. The van der Waals surface area contributed by atoms with Gasteiger partial charge in [0, 0.05) is 72.0 Å². The molecule has 7 nitrogen and oxygen atoms in total. The van der Waals surface area contributed by atoms with Crippen molar-refractivity contribution in [2.24, 2.45) is 0 Å². The lowest BCUT2D eigenvalue weighted by Crippen LogP contribution is -2.43. The Morgan fingerprint density at radius 2 is 1.81 bits per heavy atom. The number of nitrogens with zero attached hydrogens (tertiary/aromatic N) is 5. The molecule has 5 aromatic rings. The van der Waals surface area contributed by atoms with E-state index in [1.54, 1.807) is 0 Å². The fourth-order valence-electron chi connectivity index (χ4n) is 5.31. The van der Waals surface area contributed by atoms with Gasteiger partial charge in [-0.05, 0) is 55.3 Å². The first-order chi connectivity index (χ1) is 18.1. The number of nitriles is 1. The second kappa shape index (κ2) is 9.57. The molecule has 3 aromatic heterocycles. The molecule has 6 rings (SSSR count). The molecule has 4 heterocycles. The Balaban J connectivity index is 1.33. The monoisotopic (exact) mass is 487 g/mol. The number of hydrogen-bond acceptors (Lipinski definition) is 5. The van der Waals surface area contributed by atoms with E-state index in [0.29, 0.717) is 12.1 Å². The summed E-state index contributed by atoms with van der Waals surface area (Å²) in [6.07, 6.45) is 3.97. The summed E-state index contributed by atoms with van der Waals surface area (Å²) >= 11 is 0. The smallest absolute Gasteiger partial charge is 0.137 e. The molecule has 2 aromatic carbocycles. The van der Waals surface area contributed by atoms with Gasteiger partial charge in [0.15, 0.2) is 0 Å². The molecule has 2 N–H and O–H groups in total. The van der Waals surface area contributed by atoms with Crippen molar-refractivity contribution in [1.29, 1.82) is 5.26 Å². The number of aromatic amines is 1. The fraction of sp³-hybridized carbons (Fsp3) is 0.233. The van der Waals surface area contributed by atoms with E-state index in [1.165, 1.54) is 5.69 Å². The number of aryl methyl sites for hydroxylation is 1. The Morgan fingerprint density at radius 1 is 1.00 bits per heavy atom. The van der Waals surface area contributed by atoms with Crippen LogP contribution in [0.4, 0.5) is 5.69 Å². The Morgan fingerprint density at radius 3 is 2.59 bits per heavy atom. The third-order valence-corrected chi connectivity index (χ3v) is 7.25. The quantitative estimate of drug-likeness (QED) is 0.363. The van der Waals surface area contributed by atoms with Gasteiger partial charge in [-0.25, -0.2) is 4.98 Å². The number of H-pyrrole nitrogens is 1. The Kier molecular flexibility index (Phi) is 5.95. The van der Waals surface area contributed by atoms with Crippen LogP contribution in [-0.2, 0) is 6.54 Å². The van der Waals surface area contributed by atoms with Gasteiger partial charge < -0.3 is 15.2 Å². The molecule has 0 bridgehead atoms. The summed E-state index contributed by atoms with van der Waals surface area (Å²) in [6.45, 7) is 8.91. The largest absolute Gasteiger partial charge is 0.369 e. The highest BCUT2D eigenvalue weighted by molar-refractivity contribution is 5.97. The van der Waals surface area contributed by atoms with E-state index < -0.39 is 0 Å².